The Morgan fingerprint density at radius 3 is 2.21 bits per heavy atom. The third kappa shape index (κ3) is 7.74. The van der Waals surface area contributed by atoms with Crippen molar-refractivity contribution in [3.8, 4) is 5.88 Å². The molecule has 0 radical (unpaired) electrons. The molecule has 0 saturated carbocycles. The van der Waals surface area contributed by atoms with Gasteiger partial charge >= 0.3 is 0 Å². The number of aromatic nitrogens is 1. The second kappa shape index (κ2) is 8.70. The van der Waals surface area contributed by atoms with Crippen molar-refractivity contribution in [1.29, 1.82) is 0 Å². The van der Waals surface area contributed by atoms with Crippen LogP contribution >= 0.6 is 0 Å². The molecule has 1 aromatic heterocycles. The summed E-state index contributed by atoms with van der Waals surface area (Å²) in [5, 5.41) is 8.88. The average molecular weight is 366 g/mol. The summed E-state index contributed by atoms with van der Waals surface area (Å²) in [5.41, 5.74) is 1.90. The summed E-state index contributed by atoms with van der Waals surface area (Å²) in [4.78, 5) is 12.6. The molecule has 5 heteroatoms. The van der Waals surface area contributed by atoms with Crippen molar-refractivity contribution < 1.29 is 35.7 Å². The number of hydrogen-bond donors (Lipinski definition) is 1. The molecule has 0 aliphatic rings. The maximum absolute atomic E-state index is 8.88. The zero-order valence-corrected chi connectivity index (χ0v) is 11.2. The number of pyridine rings is 1. The Kier molecular flexibility index (Phi) is 9.67. The van der Waals surface area contributed by atoms with Crippen LogP contribution in [0.4, 0.5) is 0 Å². The molecule has 0 unspecified atom stereocenters. The minimum absolute atomic E-state index is 0. The van der Waals surface area contributed by atoms with Gasteiger partial charge in [-0.2, -0.15) is 0 Å². The van der Waals surface area contributed by atoms with Gasteiger partial charge in [-0.1, -0.05) is 6.47 Å². The SMILES string of the molecule is CO[C-]=O.Cc1cc(C)nc(O)c1.[W]. The van der Waals surface area contributed by atoms with Gasteiger partial charge in [-0.05, 0) is 25.5 Å². The predicted molar refractivity (Wildman–Crippen MR) is 48.1 cm³/mol. The van der Waals surface area contributed by atoms with Gasteiger partial charge in [0.1, 0.15) is 0 Å². The molecule has 1 rings (SSSR count). The number of ether oxygens (including phenoxy) is 1. The molecule has 1 heterocycles. The monoisotopic (exact) mass is 366 g/mol. The maximum atomic E-state index is 8.88. The van der Waals surface area contributed by atoms with E-state index in [0.717, 1.165) is 11.3 Å². The van der Waals surface area contributed by atoms with Crippen molar-refractivity contribution in [2.24, 2.45) is 0 Å². The fourth-order valence-electron chi connectivity index (χ4n) is 0.820. The number of hydrogen-bond acceptors (Lipinski definition) is 4. The molecule has 0 spiro atoms. The molecule has 0 atom stereocenters. The Hall–Kier alpha value is -0.892. The first-order valence-electron chi connectivity index (χ1n) is 3.64. The van der Waals surface area contributed by atoms with E-state index >= 15 is 0 Å². The van der Waals surface area contributed by atoms with Crippen LogP contribution in [-0.4, -0.2) is 23.7 Å². The molecule has 4 nitrogen and oxygen atoms in total. The summed E-state index contributed by atoms with van der Waals surface area (Å²) in [6.45, 7) is 4.96. The summed E-state index contributed by atoms with van der Waals surface area (Å²) in [6, 6.07) is 3.55. The molecule has 1 N–H and O–H groups in total. The van der Waals surface area contributed by atoms with Crippen molar-refractivity contribution in [2.45, 2.75) is 13.8 Å². The number of methoxy groups -OCH3 is 1. The van der Waals surface area contributed by atoms with E-state index in [0.29, 0.717) is 0 Å². The molecule has 0 aromatic carbocycles. The van der Waals surface area contributed by atoms with Gasteiger partial charge in [0.05, 0.1) is 0 Å². The van der Waals surface area contributed by atoms with Crippen LogP contribution in [0.25, 0.3) is 0 Å². The zero-order chi connectivity index (χ0) is 10.3. The third-order valence-corrected chi connectivity index (χ3v) is 1.17. The van der Waals surface area contributed by atoms with Crippen molar-refractivity contribution in [1.82, 2.24) is 4.98 Å². The van der Waals surface area contributed by atoms with Crippen LogP contribution in [0.2, 0.25) is 0 Å². The van der Waals surface area contributed by atoms with Gasteiger partial charge in [0, 0.05) is 39.9 Å². The van der Waals surface area contributed by atoms with E-state index in [1.54, 1.807) is 6.07 Å². The molecule has 0 saturated heterocycles. The zero-order valence-electron chi connectivity index (χ0n) is 8.27. The fourth-order valence-corrected chi connectivity index (χ4v) is 0.820. The molecular weight excluding hydrogens is 354 g/mol. The Labute approximate surface area is 97.6 Å². The average Bonchev–Trinajstić information content (AvgIpc) is 2.02. The molecule has 0 bridgehead atoms. The van der Waals surface area contributed by atoms with Crippen LogP contribution in [0.15, 0.2) is 12.1 Å². The van der Waals surface area contributed by atoms with Crippen LogP contribution < -0.4 is 0 Å². The van der Waals surface area contributed by atoms with Gasteiger partial charge in [-0.3, -0.25) is 0 Å². The Bertz CT molecular complexity index is 228. The third-order valence-electron chi connectivity index (χ3n) is 1.17. The Morgan fingerprint density at radius 2 is 1.93 bits per heavy atom. The van der Waals surface area contributed by atoms with Crippen molar-refractivity contribution in [2.75, 3.05) is 7.11 Å². The van der Waals surface area contributed by atoms with E-state index in [4.69, 9.17) is 9.90 Å². The Morgan fingerprint density at radius 1 is 1.43 bits per heavy atom. The standard InChI is InChI=1S/C7H9NO.C2H3O2.W/c1-5-3-6(2)8-7(9)4-5;1-4-2-3;/h3-4H,1-2H3,(H,8,9);1H3;/q;-1;. The molecule has 78 valence electrons. The number of rotatable bonds is 1. The van der Waals surface area contributed by atoms with Gasteiger partial charge in [0.25, 0.3) is 0 Å². The van der Waals surface area contributed by atoms with Gasteiger partial charge in [-0.15, -0.1) is 0 Å². The van der Waals surface area contributed by atoms with E-state index < -0.39 is 0 Å². The number of aryl methyl sites for hydroxylation is 2. The van der Waals surface area contributed by atoms with Gasteiger partial charge in [0.15, 0.2) is 0 Å². The van der Waals surface area contributed by atoms with Crippen LogP contribution in [0, 0.1) is 13.8 Å². The minimum atomic E-state index is 0. The van der Waals surface area contributed by atoms with E-state index in [1.165, 1.54) is 13.6 Å². The fraction of sp³-hybridized carbons (Fsp3) is 0.333. The van der Waals surface area contributed by atoms with E-state index in [9.17, 15) is 0 Å². The number of aromatic hydroxyl groups is 1. The first kappa shape index (κ1) is 15.6. The molecule has 14 heavy (non-hydrogen) atoms. The van der Waals surface area contributed by atoms with Crippen LogP contribution in [0.3, 0.4) is 0 Å². The molecule has 0 aliphatic heterocycles. The van der Waals surface area contributed by atoms with E-state index in [2.05, 4.69) is 9.72 Å². The topological polar surface area (TPSA) is 59.4 Å². The summed E-state index contributed by atoms with van der Waals surface area (Å²) in [7, 11) is 1.26. The van der Waals surface area contributed by atoms with Crippen LogP contribution in [-0.2, 0) is 30.6 Å². The maximum Gasteiger partial charge on any atom is 0.211 e. The number of carbonyl (C=O) groups excluding carboxylic acids is 1. The molecule has 0 amide bonds. The van der Waals surface area contributed by atoms with Crippen LogP contribution in [0.1, 0.15) is 11.3 Å². The van der Waals surface area contributed by atoms with Gasteiger partial charge in [0.2, 0.25) is 5.88 Å². The molecule has 0 aliphatic carbocycles. The van der Waals surface area contributed by atoms with E-state index in [1.807, 2.05) is 19.9 Å². The van der Waals surface area contributed by atoms with Gasteiger partial charge < -0.3 is 14.6 Å². The summed E-state index contributed by atoms with van der Waals surface area (Å²) in [6.07, 6.45) is 0. The largest absolute Gasteiger partial charge is 0.655 e. The summed E-state index contributed by atoms with van der Waals surface area (Å²) < 4.78 is 3.74. The number of nitrogens with zero attached hydrogens (tertiary/aromatic N) is 1. The first-order valence-corrected chi connectivity index (χ1v) is 3.64. The van der Waals surface area contributed by atoms with Gasteiger partial charge in [-0.25, -0.2) is 4.98 Å². The van der Waals surface area contributed by atoms with Crippen LogP contribution in [0.5, 0.6) is 5.88 Å². The van der Waals surface area contributed by atoms with Crippen molar-refractivity contribution in [3.63, 3.8) is 0 Å². The molecule has 0 fully saturated rings. The second-order valence-electron chi connectivity index (χ2n) is 2.43. The van der Waals surface area contributed by atoms with E-state index in [-0.39, 0.29) is 26.9 Å². The predicted octanol–water partition coefficient (Wildman–Crippen LogP) is 1.10. The van der Waals surface area contributed by atoms with Crippen molar-refractivity contribution in [3.05, 3.63) is 23.4 Å². The smallest absolute Gasteiger partial charge is 0.211 e. The first-order chi connectivity index (χ1) is 6.10. The van der Waals surface area contributed by atoms with Crippen molar-refractivity contribution >= 4 is 6.47 Å². The Balaban J connectivity index is 0. The molecular formula is C9H12NO3W-. The molecule has 1 aromatic rings. The summed E-state index contributed by atoms with van der Waals surface area (Å²) >= 11 is 0. The minimum Gasteiger partial charge on any atom is -0.655 e. The second-order valence-corrected chi connectivity index (χ2v) is 2.43. The quantitative estimate of drug-likeness (QED) is 0.757. The summed E-state index contributed by atoms with van der Waals surface area (Å²) in [5.74, 6) is 0.104. The normalized spacial score (nSPS) is 7.64.